The molecule has 2 aliphatic rings. The maximum absolute atomic E-state index is 12.6. The molecule has 6 nitrogen and oxygen atoms in total. The number of morpholine rings is 1. The summed E-state index contributed by atoms with van der Waals surface area (Å²) < 4.78 is 5.32. The third-order valence-electron chi connectivity index (χ3n) is 4.96. The van der Waals surface area contributed by atoms with Gasteiger partial charge >= 0.3 is 6.03 Å². The molecule has 0 aliphatic carbocycles. The molecule has 0 unspecified atom stereocenters. The fourth-order valence-electron chi connectivity index (χ4n) is 3.39. The molecule has 2 heterocycles. The minimum atomic E-state index is 0.120. The van der Waals surface area contributed by atoms with E-state index < -0.39 is 0 Å². The fourth-order valence-corrected chi connectivity index (χ4v) is 3.39. The molecule has 0 spiro atoms. The maximum atomic E-state index is 12.6. The number of nitrogens with zero attached hydrogens (tertiary/aromatic N) is 4. The summed E-state index contributed by atoms with van der Waals surface area (Å²) in [5.41, 5.74) is 1.83. The minimum absolute atomic E-state index is 0.120. The van der Waals surface area contributed by atoms with E-state index in [1.165, 1.54) is 0 Å². The Morgan fingerprint density at radius 3 is 2.38 bits per heavy atom. The highest BCUT2D eigenvalue weighted by Crippen LogP contribution is 2.23. The van der Waals surface area contributed by atoms with Gasteiger partial charge in [-0.25, -0.2) is 4.79 Å². The van der Waals surface area contributed by atoms with Gasteiger partial charge in [0.1, 0.15) is 0 Å². The third-order valence-corrected chi connectivity index (χ3v) is 4.96. The third kappa shape index (κ3) is 3.62. The lowest BCUT2D eigenvalue weighted by molar-refractivity contribution is 0.0409. The number of ether oxygens (including phenoxy) is 1. The van der Waals surface area contributed by atoms with Crippen LogP contribution in [0.4, 0.5) is 10.5 Å². The fraction of sp³-hybridized carbons (Fsp3) is 0.556. The number of anilines is 1. The van der Waals surface area contributed by atoms with Crippen LogP contribution in [0.15, 0.2) is 24.3 Å². The van der Waals surface area contributed by atoms with E-state index in [1.807, 2.05) is 41.1 Å². The number of benzene rings is 1. The predicted molar refractivity (Wildman–Crippen MR) is 91.9 cm³/mol. The summed E-state index contributed by atoms with van der Waals surface area (Å²) in [4.78, 5) is 18.7. The first-order valence-electron chi connectivity index (χ1n) is 8.53. The Labute approximate surface area is 143 Å². The number of carbonyl (C=O) groups is 1. The zero-order chi connectivity index (χ0) is 16.9. The van der Waals surface area contributed by atoms with E-state index in [9.17, 15) is 4.79 Å². The predicted octanol–water partition coefficient (Wildman–Crippen LogP) is 1.91. The van der Waals surface area contributed by atoms with Gasteiger partial charge in [0.05, 0.1) is 24.8 Å². The normalized spacial score (nSPS) is 19.0. The number of urea groups is 1. The van der Waals surface area contributed by atoms with Gasteiger partial charge in [0.15, 0.2) is 0 Å². The Bertz CT molecular complexity index is 596. The summed E-state index contributed by atoms with van der Waals surface area (Å²) >= 11 is 0. The van der Waals surface area contributed by atoms with Crippen LogP contribution in [0, 0.1) is 11.3 Å². The van der Waals surface area contributed by atoms with Crippen molar-refractivity contribution in [3.05, 3.63) is 29.8 Å². The number of rotatable bonds is 2. The van der Waals surface area contributed by atoms with Crippen LogP contribution in [-0.4, -0.2) is 68.3 Å². The molecule has 1 aromatic carbocycles. The van der Waals surface area contributed by atoms with Gasteiger partial charge in [0.2, 0.25) is 0 Å². The van der Waals surface area contributed by atoms with Crippen molar-refractivity contribution in [2.24, 2.45) is 0 Å². The van der Waals surface area contributed by atoms with E-state index >= 15 is 0 Å². The van der Waals surface area contributed by atoms with Crippen molar-refractivity contribution in [3.63, 3.8) is 0 Å². The van der Waals surface area contributed by atoms with Crippen LogP contribution in [0.3, 0.4) is 0 Å². The van der Waals surface area contributed by atoms with Gasteiger partial charge in [-0.05, 0) is 37.1 Å². The summed E-state index contributed by atoms with van der Waals surface area (Å²) in [7, 11) is 1.92. The standard InChI is InChI=1S/C18H24N4O2/c1-20(18(23)22-10-12-24-13-11-22)16-6-8-21(9-7-16)17-4-2-15(14-19)3-5-17/h2-5,16H,6-13H2,1H3. The molecule has 1 aromatic rings. The maximum Gasteiger partial charge on any atom is 0.320 e. The molecule has 24 heavy (non-hydrogen) atoms. The van der Waals surface area contributed by atoms with Crippen molar-refractivity contribution in [3.8, 4) is 6.07 Å². The number of amides is 2. The van der Waals surface area contributed by atoms with E-state index in [0.29, 0.717) is 31.9 Å². The molecule has 0 atom stereocenters. The molecule has 0 N–H and O–H groups in total. The Kier molecular flexibility index (Phi) is 5.21. The van der Waals surface area contributed by atoms with Crippen LogP contribution in [0.2, 0.25) is 0 Å². The summed E-state index contributed by atoms with van der Waals surface area (Å²) in [5.74, 6) is 0. The van der Waals surface area contributed by atoms with Gasteiger partial charge < -0.3 is 19.4 Å². The molecular formula is C18H24N4O2. The van der Waals surface area contributed by atoms with E-state index in [0.717, 1.165) is 31.6 Å². The van der Waals surface area contributed by atoms with Crippen LogP contribution in [0.1, 0.15) is 18.4 Å². The van der Waals surface area contributed by atoms with E-state index in [2.05, 4.69) is 11.0 Å². The number of hydrogen-bond acceptors (Lipinski definition) is 4. The lowest BCUT2D eigenvalue weighted by Crippen LogP contribution is -2.52. The molecular weight excluding hydrogens is 304 g/mol. The van der Waals surface area contributed by atoms with Crippen LogP contribution < -0.4 is 4.90 Å². The van der Waals surface area contributed by atoms with Crippen LogP contribution in [0.5, 0.6) is 0 Å². The molecule has 0 bridgehead atoms. The lowest BCUT2D eigenvalue weighted by Gasteiger charge is -2.40. The summed E-state index contributed by atoms with van der Waals surface area (Å²) in [6, 6.07) is 10.3. The number of piperidine rings is 1. The number of hydrogen-bond donors (Lipinski definition) is 0. The Morgan fingerprint density at radius 2 is 1.79 bits per heavy atom. The first kappa shape index (κ1) is 16.6. The van der Waals surface area contributed by atoms with Gasteiger partial charge in [0, 0.05) is 45.0 Å². The molecule has 0 radical (unpaired) electrons. The topological polar surface area (TPSA) is 59.8 Å². The van der Waals surface area contributed by atoms with Gasteiger partial charge in [-0.3, -0.25) is 0 Å². The molecule has 0 aromatic heterocycles. The van der Waals surface area contributed by atoms with Crippen molar-refractivity contribution in [1.82, 2.24) is 9.80 Å². The van der Waals surface area contributed by atoms with Gasteiger partial charge in [-0.15, -0.1) is 0 Å². The number of nitriles is 1. The highest BCUT2D eigenvalue weighted by atomic mass is 16.5. The monoisotopic (exact) mass is 328 g/mol. The lowest BCUT2D eigenvalue weighted by atomic mass is 10.0. The zero-order valence-electron chi connectivity index (χ0n) is 14.1. The van der Waals surface area contributed by atoms with Gasteiger partial charge in [-0.1, -0.05) is 0 Å². The minimum Gasteiger partial charge on any atom is -0.378 e. The van der Waals surface area contributed by atoms with E-state index in [4.69, 9.17) is 10.00 Å². The zero-order valence-corrected chi connectivity index (χ0v) is 14.1. The van der Waals surface area contributed by atoms with Crippen molar-refractivity contribution in [2.75, 3.05) is 51.3 Å². The molecule has 0 saturated carbocycles. The Hall–Kier alpha value is -2.26. The van der Waals surface area contributed by atoms with Crippen LogP contribution in [-0.2, 0) is 4.74 Å². The molecule has 6 heteroatoms. The van der Waals surface area contributed by atoms with Crippen molar-refractivity contribution < 1.29 is 9.53 Å². The average molecular weight is 328 g/mol. The quantitative estimate of drug-likeness (QED) is 0.832. The highest BCUT2D eigenvalue weighted by Gasteiger charge is 2.28. The first-order chi connectivity index (χ1) is 11.7. The Morgan fingerprint density at radius 1 is 1.17 bits per heavy atom. The summed E-state index contributed by atoms with van der Waals surface area (Å²) in [6.45, 7) is 4.50. The second-order valence-corrected chi connectivity index (χ2v) is 6.37. The molecule has 2 aliphatic heterocycles. The SMILES string of the molecule is CN(C(=O)N1CCOCC1)C1CCN(c2ccc(C#N)cc2)CC1. The summed E-state index contributed by atoms with van der Waals surface area (Å²) in [6.07, 6.45) is 1.93. The first-order valence-corrected chi connectivity index (χ1v) is 8.53. The van der Waals surface area contributed by atoms with Gasteiger partial charge in [-0.2, -0.15) is 5.26 Å². The van der Waals surface area contributed by atoms with E-state index in [-0.39, 0.29) is 12.1 Å². The van der Waals surface area contributed by atoms with Crippen molar-refractivity contribution in [1.29, 1.82) is 5.26 Å². The average Bonchev–Trinajstić information content (AvgIpc) is 2.68. The smallest absolute Gasteiger partial charge is 0.320 e. The van der Waals surface area contributed by atoms with Crippen molar-refractivity contribution in [2.45, 2.75) is 18.9 Å². The molecule has 3 rings (SSSR count). The summed E-state index contributed by atoms with van der Waals surface area (Å²) in [5, 5.41) is 8.88. The molecule has 2 fully saturated rings. The molecule has 2 amide bonds. The van der Waals surface area contributed by atoms with Crippen LogP contribution in [0.25, 0.3) is 0 Å². The second kappa shape index (κ2) is 7.54. The molecule has 2 saturated heterocycles. The van der Waals surface area contributed by atoms with E-state index in [1.54, 1.807) is 0 Å². The second-order valence-electron chi connectivity index (χ2n) is 6.37. The largest absolute Gasteiger partial charge is 0.378 e. The van der Waals surface area contributed by atoms with Crippen molar-refractivity contribution >= 4 is 11.7 Å². The van der Waals surface area contributed by atoms with Crippen LogP contribution >= 0.6 is 0 Å². The Balaban J connectivity index is 1.54. The molecule has 128 valence electrons. The van der Waals surface area contributed by atoms with Gasteiger partial charge in [0.25, 0.3) is 0 Å². The number of carbonyl (C=O) groups excluding carboxylic acids is 1. The highest BCUT2D eigenvalue weighted by molar-refractivity contribution is 5.74.